The van der Waals surface area contributed by atoms with Crippen LogP contribution in [0.4, 0.5) is 11.4 Å². The molecular weight excluding hydrogens is 396 g/mol. The van der Waals surface area contributed by atoms with Gasteiger partial charge in [0, 0.05) is 25.4 Å². The maximum atomic E-state index is 12.4. The van der Waals surface area contributed by atoms with Crippen LogP contribution in [0.5, 0.6) is 11.5 Å². The number of hydrogen-bond acceptors (Lipinski definition) is 7. The molecule has 11 heteroatoms. The van der Waals surface area contributed by atoms with Crippen molar-refractivity contribution in [2.45, 2.75) is 33.2 Å². The van der Waals surface area contributed by atoms with Crippen molar-refractivity contribution in [1.29, 1.82) is 0 Å². The molecule has 0 saturated carbocycles. The fourth-order valence-electron chi connectivity index (χ4n) is 2.53. The molecule has 1 aromatic heterocycles. The van der Waals surface area contributed by atoms with Crippen LogP contribution >= 0.6 is 0 Å². The second-order valence-corrected chi connectivity index (χ2v) is 6.44. The van der Waals surface area contributed by atoms with Crippen LogP contribution in [0.25, 0.3) is 0 Å². The number of aromatic nitrogens is 2. The summed E-state index contributed by atoms with van der Waals surface area (Å²) in [6.07, 6.45) is 2.60. The highest BCUT2D eigenvalue weighted by atomic mass is 16.6. The van der Waals surface area contributed by atoms with Gasteiger partial charge in [-0.3, -0.25) is 28.8 Å². The van der Waals surface area contributed by atoms with Gasteiger partial charge in [-0.1, -0.05) is 13.8 Å². The number of nitro benzene ring substituents is 1. The summed E-state index contributed by atoms with van der Waals surface area (Å²) in [5.41, 5.74) is -1.64. The van der Waals surface area contributed by atoms with Gasteiger partial charge in [0.25, 0.3) is 11.2 Å². The predicted molar refractivity (Wildman–Crippen MR) is 109 cm³/mol. The fourth-order valence-corrected chi connectivity index (χ4v) is 2.53. The van der Waals surface area contributed by atoms with Gasteiger partial charge in [0.05, 0.1) is 24.2 Å². The minimum absolute atomic E-state index is 0.0854. The molecule has 2 rings (SSSR count). The molecule has 162 valence electrons. The zero-order valence-electron chi connectivity index (χ0n) is 17.0. The first-order chi connectivity index (χ1) is 14.3. The van der Waals surface area contributed by atoms with E-state index in [-0.39, 0.29) is 22.9 Å². The fraction of sp³-hybridized carbons (Fsp3) is 0.421. The van der Waals surface area contributed by atoms with E-state index in [1.54, 1.807) is 0 Å². The average Bonchev–Trinajstić information content (AvgIpc) is 2.71. The van der Waals surface area contributed by atoms with Crippen molar-refractivity contribution in [3.63, 3.8) is 0 Å². The molecule has 30 heavy (non-hydrogen) atoms. The third-order valence-corrected chi connectivity index (χ3v) is 4.03. The summed E-state index contributed by atoms with van der Waals surface area (Å²) in [6, 6.07) is 3.68. The maximum absolute atomic E-state index is 12.4. The molecule has 1 heterocycles. The number of anilines is 1. The van der Waals surface area contributed by atoms with Crippen LogP contribution in [-0.2, 0) is 18.4 Å². The van der Waals surface area contributed by atoms with Crippen molar-refractivity contribution >= 4 is 17.3 Å². The number of ether oxygens (including phenoxy) is 2. The lowest BCUT2D eigenvalue weighted by atomic mass is 10.2. The molecule has 0 saturated heterocycles. The Morgan fingerprint density at radius 2 is 1.73 bits per heavy atom. The Bertz CT molecular complexity index is 1040. The summed E-state index contributed by atoms with van der Waals surface area (Å²) < 4.78 is 13.0. The molecule has 11 nitrogen and oxygen atoms in total. The Kier molecular flexibility index (Phi) is 7.73. The highest BCUT2D eigenvalue weighted by Crippen LogP contribution is 2.38. The van der Waals surface area contributed by atoms with E-state index in [0.717, 1.165) is 15.2 Å². The van der Waals surface area contributed by atoms with Gasteiger partial charge in [0.15, 0.2) is 11.5 Å². The molecule has 0 aliphatic rings. The van der Waals surface area contributed by atoms with E-state index in [2.05, 4.69) is 5.32 Å². The summed E-state index contributed by atoms with van der Waals surface area (Å²) in [6.45, 7) is 4.09. The summed E-state index contributed by atoms with van der Waals surface area (Å²) in [4.78, 5) is 46.8. The van der Waals surface area contributed by atoms with Crippen LogP contribution < -0.4 is 26.0 Å². The molecule has 0 atom stereocenters. The Balaban J connectivity index is 2.35. The molecule has 0 radical (unpaired) electrons. The average molecular weight is 420 g/mol. The first-order valence-corrected chi connectivity index (χ1v) is 9.42. The number of amides is 1. The lowest BCUT2D eigenvalue weighted by Gasteiger charge is -2.15. The van der Waals surface area contributed by atoms with Crippen molar-refractivity contribution in [2.24, 2.45) is 7.05 Å². The Morgan fingerprint density at radius 3 is 2.30 bits per heavy atom. The third-order valence-electron chi connectivity index (χ3n) is 4.03. The van der Waals surface area contributed by atoms with Crippen LogP contribution in [-0.4, -0.2) is 33.2 Å². The van der Waals surface area contributed by atoms with E-state index in [1.807, 2.05) is 13.8 Å². The third kappa shape index (κ3) is 5.46. The summed E-state index contributed by atoms with van der Waals surface area (Å²) in [7, 11) is 1.29. The largest absolute Gasteiger partial charge is 0.490 e. The lowest BCUT2D eigenvalue weighted by molar-refractivity contribution is -0.384. The smallest absolute Gasteiger partial charge is 0.331 e. The number of hydrogen-bond donors (Lipinski definition) is 1. The van der Waals surface area contributed by atoms with E-state index in [1.165, 1.54) is 25.4 Å². The monoisotopic (exact) mass is 420 g/mol. The molecule has 0 aliphatic carbocycles. The van der Waals surface area contributed by atoms with E-state index < -0.39 is 28.6 Å². The number of carbonyl (C=O) groups excluding carboxylic acids is 1. The molecule has 0 unspecified atom stereocenters. The standard InChI is InChI=1S/C19H24N4O7/c1-4-8-29-15-10-13(14(23(27)28)11-16(15)30-9-5-2)20-17(24)12-22-7-6-18(25)21(3)19(22)26/h6-7,10-11H,4-5,8-9,12H2,1-3H3,(H,20,24). The number of nitrogens with one attached hydrogen (secondary N) is 1. The Hall–Kier alpha value is -3.63. The van der Waals surface area contributed by atoms with E-state index in [9.17, 15) is 24.5 Å². The second-order valence-electron chi connectivity index (χ2n) is 6.44. The van der Waals surface area contributed by atoms with Gasteiger partial charge in [-0.25, -0.2) is 4.79 Å². The maximum Gasteiger partial charge on any atom is 0.331 e. The zero-order chi connectivity index (χ0) is 22.3. The van der Waals surface area contributed by atoms with Gasteiger partial charge < -0.3 is 14.8 Å². The van der Waals surface area contributed by atoms with Gasteiger partial charge in [0.2, 0.25) is 5.91 Å². The van der Waals surface area contributed by atoms with Crippen LogP contribution in [0.2, 0.25) is 0 Å². The molecule has 0 spiro atoms. The number of rotatable bonds is 10. The van der Waals surface area contributed by atoms with Crippen molar-refractivity contribution < 1.29 is 19.2 Å². The van der Waals surface area contributed by atoms with Crippen molar-refractivity contribution in [1.82, 2.24) is 9.13 Å². The molecule has 0 bridgehead atoms. The van der Waals surface area contributed by atoms with Gasteiger partial charge in [-0.05, 0) is 12.8 Å². The highest BCUT2D eigenvalue weighted by Gasteiger charge is 2.22. The van der Waals surface area contributed by atoms with Gasteiger partial charge >= 0.3 is 5.69 Å². The molecular formula is C19H24N4O7. The molecule has 0 aliphatic heterocycles. The van der Waals surface area contributed by atoms with Crippen LogP contribution in [0, 0.1) is 10.1 Å². The van der Waals surface area contributed by atoms with Crippen molar-refractivity contribution in [2.75, 3.05) is 18.5 Å². The SMILES string of the molecule is CCCOc1cc(NC(=O)Cn2ccc(=O)n(C)c2=O)c([N+](=O)[O-])cc1OCCC. The molecule has 1 N–H and O–H groups in total. The lowest BCUT2D eigenvalue weighted by Crippen LogP contribution is -2.39. The number of carbonyl (C=O) groups is 1. The van der Waals surface area contributed by atoms with E-state index >= 15 is 0 Å². The number of nitrogens with zero attached hydrogens (tertiary/aromatic N) is 3. The quantitative estimate of drug-likeness (QED) is 0.456. The second kappa shape index (κ2) is 10.2. The summed E-state index contributed by atoms with van der Waals surface area (Å²) in [5.74, 6) is -0.197. The molecule has 1 aromatic carbocycles. The molecule has 1 amide bonds. The van der Waals surface area contributed by atoms with E-state index in [4.69, 9.17) is 9.47 Å². The van der Waals surface area contributed by atoms with Gasteiger partial charge in [-0.2, -0.15) is 0 Å². The zero-order valence-corrected chi connectivity index (χ0v) is 17.0. The first kappa shape index (κ1) is 22.7. The minimum Gasteiger partial charge on any atom is -0.490 e. The normalized spacial score (nSPS) is 10.5. The minimum atomic E-state index is -0.678. The number of nitro groups is 1. The van der Waals surface area contributed by atoms with Crippen LogP contribution in [0.1, 0.15) is 26.7 Å². The van der Waals surface area contributed by atoms with Crippen LogP contribution in [0.3, 0.4) is 0 Å². The summed E-state index contributed by atoms with van der Waals surface area (Å²) >= 11 is 0. The van der Waals surface area contributed by atoms with Gasteiger partial charge in [0.1, 0.15) is 12.2 Å². The Morgan fingerprint density at radius 1 is 1.13 bits per heavy atom. The molecule has 2 aromatic rings. The first-order valence-electron chi connectivity index (χ1n) is 9.42. The van der Waals surface area contributed by atoms with Crippen molar-refractivity contribution in [3.05, 3.63) is 55.3 Å². The number of benzene rings is 1. The molecule has 0 fully saturated rings. The van der Waals surface area contributed by atoms with Crippen molar-refractivity contribution in [3.8, 4) is 11.5 Å². The van der Waals surface area contributed by atoms with Crippen LogP contribution in [0.15, 0.2) is 34.0 Å². The van der Waals surface area contributed by atoms with Gasteiger partial charge in [-0.15, -0.1) is 0 Å². The van der Waals surface area contributed by atoms with E-state index in [0.29, 0.717) is 26.1 Å². The Labute approximate surface area is 172 Å². The predicted octanol–water partition coefficient (Wildman–Crippen LogP) is 1.67. The topological polar surface area (TPSA) is 135 Å². The highest BCUT2D eigenvalue weighted by molar-refractivity contribution is 5.93. The summed E-state index contributed by atoms with van der Waals surface area (Å²) in [5, 5.41) is 14.0.